The van der Waals surface area contributed by atoms with Crippen LogP contribution >= 0.6 is 0 Å². The summed E-state index contributed by atoms with van der Waals surface area (Å²) in [5.41, 5.74) is 6.25. The topological polar surface area (TPSA) is 64.9 Å². The van der Waals surface area contributed by atoms with Crippen molar-refractivity contribution < 1.29 is 13.3 Å². The highest BCUT2D eigenvalue weighted by atomic mass is 19.2. The molecule has 1 aromatic carbocycles. The van der Waals surface area contributed by atoms with Crippen molar-refractivity contribution in [3.05, 3.63) is 35.7 Å². The molecule has 0 bridgehead atoms. The Bertz CT molecular complexity index is 617. The number of nitrogens with two attached hydrogens (primary N) is 1. The van der Waals surface area contributed by atoms with E-state index in [1.54, 1.807) is 0 Å². The van der Waals surface area contributed by atoms with Crippen LogP contribution in [0.15, 0.2) is 22.7 Å². The van der Waals surface area contributed by atoms with Crippen molar-refractivity contribution in [2.24, 2.45) is 11.1 Å². The third kappa shape index (κ3) is 2.31. The van der Waals surface area contributed by atoms with E-state index in [0.29, 0.717) is 24.4 Å². The van der Waals surface area contributed by atoms with Crippen molar-refractivity contribution >= 4 is 0 Å². The summed E-state index contributed by atoms with van der Waals surface area (Å²) in [6.07, 6.45) is 3.93. The Balaban J connectivity index is 1.81. The SMILES string of the molecule is NCC1(Cc2nc(-c3ccc(F)c(F)c3)no2)CCC1. The van der Waals surface area contributed by atoms with Crippen molar-refractivity contribution in [1.29, 1.82) is 0 Å². The number of halogens is 2. The number of rotatable bonds is 4. The van der Waals surface area contributed by atoms with E-state index in [9.17, 15) is 8.78 Å². The van der Waals surface area contributed by atoms with Crippen molar-refractivity contribution in [2.45, 2.75) is 25.7 Å². The summed E-state index contributed by atoms with van der Waals surface area (Å²) in [4.78, 5) is 4.24. The standard InChI is InChI=1S/C14H15F2N3O/c15-10-3-2-9(6-11(10)16)13-18-12(20-19-13)7-14(8-17)4-1-5-14/h2-3,6H,1,4-5,7-8,17H2. The third-order valence-corrected chi connectivity index (χ3v) is 4.02. The molecular formula is C14H15F2N3O. The van der Waals surface area contributed by atoms with Gasteiger partial charge in [0.1, 0.15) is 0 Å². The van der Waals surface area contributed by atoms with Gasteiger partial charge in [0, 0.05) is 12.0 Å². The fraction of sp³-hybridized carbons (Fsp3) is 0.429. The van der Waals surface area contributed by atoms with Gasteiger partial charge in [-0.2, -0.15) is 4.98 Å². The van der Waals surface area contributed by atoms with Crippen LogP contribution < -0.4 is 5.73 Å². The minimum Gasteiger partial charge on any atom is -0.339 e. The summed E-state index contributed by atoms with van der Waals surface area (Å²) >= 11 is 0. The summed E-state index contributed by atoms with van der Waals surface area (Å²) in [7, 11) is 0. The van der Waals surface area contributed by atoms with E-state index in [-0.39, 0.29) is 11.2 Å². The van der Waals surface area contributed by atoms with Gasteiger partial charge in [0.25, 0.3) is 0 Å². The highest BCUT2D eigenvalue weighted by molar-refractivity contribution is 5.54. The molecule has 4 nitrogen and oxygen atoms in total. The second kappa shape index (κ2) is 4.94. The Morgan fingerprint density at radius 3 is 2.65 bits per heavy atom. The number of aromatic nitrogens is 2. The Morgan fingerprint density at radius 1 is 1.25 bits per heavy atom. The molecule has 1 aliphatic rings. The van der Waals surface area contributed by atoms with Crippen molar-refractivity contribution in [3.63, 3.8) is 0 Å². The molecule has 6 heteroatoms. The summed E-state index contributed by atoms with van der Waals surface area (Å²) in [5.74, 6) is -1.06. The van der Waals surface area contributed by atoms with Crippen LogP contribution in [-0.2, 0) is 6.42 Å². The van der Waals surface area contributed by atoms with Gasteiger partial charge in [0.15, 0.2) is 11.6 Å². The van der Waals surface area contributed by atoms with Crippen LogP contribution in [0.1, 0.15) is 25.2 Å². The van der Waals surface area contributed by atoms with Gasteiger partial charge >= 0.3 is 0 Å². The van der Waals surface area contributed by atoms with Gasteiger partial charge in [0.05, 0.1) is 0 Å². The van der Waals surface area contributed by atoms with Crippen LogP contribution in [0.25, 0.3) is 11.4 Å². The second-order valence-corrected chi connectivity index (χ2v) is 5.38. The highest BCUT2D eigenvalue weighted by Gasteiger charge is 2.37. The molecule has 1 aliphatic carbocycles. The first kappa shape index (κ1) is 13.2. The number of hydrogen-bond donors (Lipinski definition) is 1. The zero-order valence-electron chi connectivity index (χ0n) is 10.9. The maximum absolute atomic E-state index is 13.2. The number of benzene rings is 1. The number of nitrogens with zero attached hydrogens (tertiary/aromatic N) is 2. The zero-order valence-corrected chi connectivity index (χ0v) is 10.9. The van der Waals surface area contributed by atoms with Crippen LogP contribution in [0.5, 0.6) is 0 Å². The van der Waals surface area contributed by atoms with Crippen LogP contribution in [0.3, 0.4) is 0 Å². The van der Waals surface area contributed by atoms with Crippen LogP contribution in [-0.4, -0.2) is 16.7 Å². The normalized spacial score (nSPS) is 16.9. The van der Waals surface area contributed by atoms with Crippen LogP contribution in [0, 0.1) is 17.0 Å². The Hall–Kier alpha value is -1.82. The van der Waals surface area contributed by atoms with E-state index in [2.05, 4.69) is 10.1 Å². The molecule has 0 atom stereocenters. The van der Waals surface area contributed by atoms with E-state index in [4.69, 9.17) is 10.3 Å². The summed E-state index contributed by atoms with van der Waals surface area (Å²) in [6.45, 7) is 0.593. The summed E-state index contributed by atoms with van der Waals surface area (Å²) < 4.78 is 31.3. The lowest BCUT2D eigenvalue weighted by Gasteiger charge is -2.39. The monoisotopic (exact) mass is 279 g/mol. The van der Waals surface area contributed by atoms with Crippen molar-refractivity contribution in [1.82, 2.24) is 10.1 Å². The molecular weight excluding hydrogens is 264 g/mol. The molecule has 1 saturated carbocycles. The molecule has 3 rings (SSSR count). The largest absolute Gasteiger partial charge is 0.339 e. The lowest BCUT2D eigenvalue weighted by molar-refractivity contribution is 0.129. The first-order chi connectivity index (χ1) is 9.62. The van der Waals surface area contributed by atoms with Gasteiger partial charge in [-0.3, -0.25) is 0 Å². The lowest BCUT2D eigenvalue weighted by Crippen LogP contribution is -2.39. The predicted octanol–water partition coefficient (Wildman–Crippen LogP) is 2.69. The smallest absolute Gasteiger partial charge is 0.227 e. The quantitative estimate of drug-likeness (QED) is 0.934. The molecule has 0 aliphatic heterocycles. The molecule has 2 aromatic rings. The first-order valence-corrected chi connectivity index (χ1v) is 6.60. The average molecular weight is 279 g/mol. The molecule has 106 valence electrons. The predicted molar refractivity (Wildman–Crippen MR) is 68.7 cm³/mol. The van der Waals surface area contributed by atoms with E-state index in [1.807, 2.05) is 0 Å². The van der Waals surface area contributed by atoms with Crippen molar-refractivity contribution in [2.75, 3.05) is 6.54 Å². The molecule has 0 unspecified atom stereocenters. The van der Waals surface area contributed by atoms with E-state index < -0.39 is 11.6 Å². The van der Waals surface area contributed by atoms with Gasteiger partial charge in [-0.15, -0.1) is 0 Å². The van der Waals surface area contributed by atoms with Gasteiger partial charge in [0.2, 0.25) is 11.7 Å². The zero-order chi connectivity index (χ0) is 14.2. The molecule has 0 radical (unpaired) electrons. The Kier molecular flexibility index (Phi) is 3.25. The van der Waals surface area contributed by atoms with E-state index >= 15 is 0 Å². The van der Waals surface area contributed by atoms with E-state index in [1.165, 1.54) is 12.5 Å². The van der Waals surface area contributed by atoms with Crippen LogP contribution in [0.4, 0.5) is 8.78 Å². The molecule has 1 fully saturated rings. The first-order valence-electron chi connectivity index (χ1n) is 6.60. The average Bonchev–Trinajstić information content (AvgIpc) is 2.85. The Morgan fingerprint density at radius 2 is 2.05 bits per heavy atom. The maximum atomic E-state index is 13.2. The molecule has 1 aromatic heterocycles. The number of hydrogen-bond acceptors (Lipinski definition) is 4. The minimum atomic E-state index is -0.925. The molecule has 2 N–H and O–H groups in total. The molecule has 0 saturated heterocycles. The second-order valence-electron chi connectivity index (χ2n) is 5.38. The third-order valence-electron chi connectivity index (χ3n) is 4.02. The Labute approximate surface area is 115 Å². The summed E-state index contributed by atoms with van der Waals surface area (Å²) in [5, 5.41) is 3.82. The maximum Gasteiger partial charge on any atom is 0.227 e. The lowest BCUT2D eigenvalue weighted by atomic mass is 9.67. The minimum absolute atomic E-state index is 0.0673. The van der Waals surface area contributed by atoms with Crippen LogP contribution in [0.2, 0.25) is 0 Å². The van der Waals surface area contributed by atoms with Crippen molar-refractivity contribution in [3.8, 4) is 11.4 Å². The fourth-order valence-corrected chi connectivity index (χ4v) is 2.53. The highest BCUT2D eigenvalue weighted by Crippen LogP contribution is 2.42. The van der Waals surface area contributed by atoms with Gasteiger partial charge in [-0.25, -0.2) is 8.78 Å². The molecule has 20 heavy (non-hydrogen) atoms. The summed E-state index contributed by atoms with van der Waals surface area (Å²) in [6, 6.07) is 3.54. The molecule has 1 heterocycles. The molecule has 0 amide bonds. The van der Waals surface area contributed by atoms with Gasteiger partial charge < -0.3 is 10.3 Å². The molecule has 0 spiro atoms. The van der Waals surface area contributed by atoms with E-state index in [0.717, 1.165) is 25.0 Å². The van der Waals surface area contributed by atoms with Gasteiger partial charge in [-0.05, 0) is 43.0 Å². The van der Waals surface area contributed by atoms with Gasteiger partial charge in [-0.1, -0.05) is 11.6 Å². The fourth-order valence-electron chi connectivity index (χ4n) is 2.53.